The zero-order chi connectivity index (χ0) is 11.5. The van der Waals surface area contributed by atoms with Crippen LogP contribution in [0.2, 0.25) is 0 Å². The Morgan fingerprint density at radius 3 is 2.94 bits per heavy atom. The Labute approximate surface area is 92.1 Å². The highest BCUT2D eigenvalue weighted by Crippen LogP contribution is 2.31. The summed E-state index contributed by atoms with van der Waals surface area (Å²) in [6, 6.07) is 0. The molecule has 16 heavy (non-hydrogen) atoms. The summed E-state index contributed by atoms with van der Waals surface area (Å²) in [6.07, 6.45) is 4.63. The van der Waals surface area contributed by atoms with Gasteiger partial charge in [-0.25, -0.2) is 9.78 Å². The Morgan fingerprint density at radius 1 is 1.56 bits per heavy atom. The van der Waals surface area contributed by atoms with Gasteiger partial charge in [-0.05, 0) is 12.3 Å². The van der Waals surface area contributed by atoms with Crippen molar-refractivity contribution in [3.05, 3.63) is 17.7 Å². The number of carboxylic acids is 1. The predicted octanol–water partition coefficient (Wildman–Crippen LogP) is 0.638. The fourth-order valence-electron chi connectivity index (χ4n) is 1.51. The normalized spacial score (nSPS) is 14.8. The Bertz CT molecular complexity index is 409. The highest BCUT2D eigenvalue weighted by atomic mass is 16.4. The summed E-state index contributed by atoms with van der Waals surface area (Å²) in [5.74, 6) is -0.873. The highest BCUT2D eigenvalue weighted by molar-refractivity contribution is 6.02. The molecule has 0 bridgehead atoms. The highest BCUT2D eigenvalue weighted by Gasteiger charge is 2.22. The Kier molecular flexibility index (Phi) is 2.89. The lowest BCUT2D eigenvalue weighted by atomic mass is 10.2. The summed E-state index contributed by atoms with van der Waals surface area (Å²) < 4.78 is 0. The van der Waals surface area contributed by atoms with E-state index in [4.69, 9.17) is 5.11 Å². The number of hydrogen-bond donors (Lipinski definition) is 3. The van der Waals surface area contributed by atoms with E-state index >= 15 is 0 Å². The number of aromatic amines is 1. The number of hydrogen-bond acceptors (Lipinski definition) is 3. The zero-order valence-electron chi connectivity index (χ0n) is 8.69. The lowest BCUT2D eigenvalue weighted by molar-refractivity contribution is 0.0685. The molecular weight excluding hydrogens is 210 g/mol. The van der Waals surface area contributed by atoms with Crippen molar-refractivity contribution in [3.63, 3.8) is 0 Å². The first-order valence-electron chi connectivity index (χ1n) is 5.23. The van der Waals surface area contributed by atoms with Crippen LogP contribution in [0.15, 0.2) is 6.33 Å². The number of H-pyrrole nitrogens is 1. The van der Waals surface area contributed by atoms with Crippen LogP contribution in [-0.2, 0) is 0 Å². The molecule has 6 nitrogen and oxygen atoms in total. The topological polar surface area (TPSA) is 95.1 Å². The first kappa shape index (κ1) is 10.7. The number of aromatic nitrogens is 2. The molecule has 1 amide bonds. The minimum atomic E-state index is -1.18. The maximum atomic E-state index is 11.6. The summed E-state index contributed by atoms with van der Waals surface area (Å²) >= 11 is 0. The second-order valence-electron chi connectivity index (χ2n) is 3.92. The van der Waals surface area contributed by atoms with Gasteiger partial charge in [0.1, 0.15) is 0 Å². The van der Waals surface area contributed by atoms with Crippen molar-refractivity contribution in [1.82, 2.24) is 15.3 Å². The number of nitrogens with one attached hydrogen (secondary N) is 2. The summed E-state index contributed by atoms with van der Waals surface area (Å²) in [4.78, 5) is 28.4. The molecule has 3 N–H and O–H groups in total. The van der Waals surface area contributed by atoms with Crippen molar-refractivity contribution in [2.24, 2.45) is 5.92 Å². The van der Waals surface area contributed by atoms with Crippen LogP contribution in [0.3, 0.4) is 0 Å². The van der Waals surface area contributed by atoms with E-state index in [2.05, 4.69) is 15.3 Å². The molecule has 1 aromatic heterocycles. The van der Waals surface area contributed by atoms with E-state index < -0.39 is 11.9 Å². The molecule has 1 aliphatic carbocycles. The number of rotatable bonds is 5. The molecule has 0 saturated heterocycles. The summed E-state index contributed by atoms with van der Waals surface area (Å²) in [5, 5.41) is 11.4. The van der Waals surface area contributed by atoms with Crippen molar-refractivity contribution in [1.29, 1.82) is 0 Å². The molecule has 2 rings (SSSR count). The van der Waals surface area contributed by atoms with Gasteiger partial charge in [0, 0.05) is 6.54 Å². The molecule has 0 unspecified atom stereocenters. The monoisotopic (exact) mass is 223 g/mol. The first-order valence-corrected chi connectivity index (χ1v) is 5.23. The summed E-state index contributed by atoms with van der Waals surface area (Å²) in [7, 11) is 0. The van der Waals surface area contributed by atoms with Gasteiger partial charge in [-0.2, -0.15) is 0 Å². The van der Waals surface area contributed by atoms with Gasteiger partial charge in [-0.1, -0.05) is 12.8 Å². The number of carbonyl (C=O) groups is 2. The van der Waals surface area contributed by atoms with E-state index in [9.17, 15) is 9.59 Å². The molecule has 1 saturated carbocycles. The molecule has 1 fully saturated rings. The zero-order valence-corrected chi connectivity index (χ0v) is 8.69. The van der Waals surface area contributed by atoms with Crippen LogP contribution in [0.5, 0.6) is 0 Å². The van der Waals surface area contributed by atoms with Gasteiger partial charge in [0.2, 0.25) is 0 Å². The molecule has 1 aliphatic rings. The van der Waals surface area contributed by atoms with E-state index in [1.807, 2.05) is 0 Å². The van der Waals surface area contributed by atoms with E-state index in [0.717, 1.165) is 12.3 Å². The van der Waals surface area contributed by atoms with Crippen LogP contribution in [0, 0.1) is 5.92 Å². The second-order valence-corrected chi connectivity index (χ2v) is 3.92. The third kappa shape index (κ3) is 2.39. The van der Waals surface area contributed by atoms with E-state index in [1.165, 1.54) is 19.2 Å². The lowest BCUT2D eigenvalue weighted by Crippen LogP contribution is -2.26. The van der Waals surface area contributed by atoms with Crippen molar-refractivity contribution >= 4 is 11.9 Å². The number of amides is 1. The average Bonchev–Trinajstić information content (AvgIpc) is 2.93. The number of carboxylic acid groups (broad SMARTS) is 1. The Balaban J connectivity index is 1.91. The quantitative estimate of drug-likeness (QED) is 0.682. The van der Waals surface area contributed by atoms with E-state index in [0.29, 0.717) is 6.54 Å². The molecular formula is C10H13N3O3. The lowest BCUT2D eigenvalue weighted by Gasteiger charge is -2.02. The van der Waals surface area contributed by atoms with Gasteiger partial charge < -0.3 is 15.4 Å². The number of carbonyl (C=O) groups excluding carboxylic acids is 1. The molecule has 0 spiro atoms. The third-order valence-corrected chi connectivity index (χ3v) is 2.60. The average molecular weight is 223 g/mol. The molecule has 1 heterocycles. The molecule has 0 atom stereocenters. The standard InChI is InChI=1S/C10H13N3O3/c14-9(11-4-3-6-1-2-6)7-8(10(15)16)13-5-12-7/h5-6H,1-4H2,(H,11,14)(H,12,13)(H,15,16). The maximum absolute atomic E-state index is 11.6. The SMILES string of the molecule is O=C(NCCC1CC1)c1nc[nH]c1C(=O)O. The van der Waals surface area contributed by atoms with Gasteiger partial charge in [-0.15, -0.1) is 0 Å². The third-order valence-electron chi connectivity index (χ3n) is 2.60. The molecule has 86 valence electrons. The van der Waals surface area contributed by atoms with Crippen LogP contribution < -0.4 is 5.32 Å². The summed E-state index contributed by atoms with van der Waals surface area (Å²) in [6.45, 7) is 0.579. The smallest absolute Gasteiger partial charge is 0.354 e. The maximum Gasteiger partial charge on any atom is 0.354 e. The molecule has 6 heteroatoms. The minimum Gasteiger partial charge on any atom is -0.477 e. The molecule has 1 aromatic rings. The Morgan fingerprint density at radius 2 is 2.31 bits per heavy atom. The van der Waals surface area contributed by atoms with Crippen molar-refractivity contribution in [2.75, 3.05) is 6.54 Å². The van der Waals surface area contributed by atoms with Crippen LogP contribution in [0.1, 0.15) is 40.2 Å². The van der Waals surface area contributed by atoms with Crippen LogP contribution in [-0.4, -0.2) is 33.5 Å². The van der Waals surface area contributed by atoms with Gasteiger partial charge in [0.05, 0.1) is 6.33 Å². The number of nitrogens with zero attached hydrogens (tertiary/aromatic N) is 1. The van der Waals surface area contributed by atoms with E-state index in [-0.39, 0.29) is 11.4 Å². The predicted molar refractivity (Wildman–Crippen MR) is 55.2 cm³/mol. The van der Waals surface area contributed by atoms with Gasteiger partial charge in [0.25, 0.3) is 5.91 Å². The Hall–Kier alpha value is -1.85. The van der Waals surface area contributed by atoms with Gasteiger partial charge in [-0.3, -0.25) is 4.79 Å². The fraction of sp³-hybridized carbons (Fsp3) is 0.500. The van der Waals surface area contributed by atoms with Crippen LogP contribution in [0.25, 0.3) is 0 Å². The van der Waals surface area contributed by atoms with Crippen molar-refractivity contribution in [2.45, 2.75) is 19.3 Å². The number of imidazole rings is 1. The van der Waals surface area contributed by atoms with Crippen LogP contribution in [0.4, 0.5) is 0 Å². The molecule has 0 radical (unpaired) electrons. The second kappa shape index (κ2) is 4.34. The minimum absolute atomic E-state index is 0.0525. The summed E-state index contributed by atoms with van der Waals surface area (Å²) in [5.41, 5.74) is -0.216. The van der Waals surface area contributed by atoms with Crippen molar-refractivity contribution < 1.29 is 14.7 Å². The fourth-order valence-corrected chi connectivity index (χ4v) is 1.51. The van der Waals surface area contributed by atoms with E-state index in [1.54, 1.807) is 0 Å². The first-order chi connectivity index (χ1) is 7.68. The largest absolute Gasteiger partial charge is 0.477 e. The van der Waals surface area contributed by atoms with Crippen LogP contribution >= 0.6 is 0 Å². The van der Waals surface area contributed by atoms with Gasteiger partial charge in [0.15, 0.2) is 11.4 Å². The molecule has 0 aromatic carbocycles. The number of aromatic carboxylic acids is 1. The van der Waals surface area contributed by atoms with Gasteiger partial charge >= 0.3 is 5.97 Å². The molecule has 0 aliphatic heterocycles. The van der Waals surface area contributed by atoms with Crippen molar-refractivity contribution in [3.8, 4) is 0 Å².